The van der Waals surface area contributed by atoms with Crippen LogP contribution in [0.2, 0.25) is 0 Å². The molecule has 29 heavy (non-hydrogen) atoms. The molecule has 1 saturated heterocycles. The number of aromatic nitrogens is 1. The number of benzene rings is 1. The van der Waals surface area contributed by atoms with Crippen molar-refractivity contribution in [3.05, 3.63) is 53.9 Å². The first-order valence-electron chi connectivity index (χ1n) is 8.83. The molecule has 0 aliphatic carbocycles. The molecule has 0 radical (unpaired) electrons. The Bertz CT molecular complexity index is 832. The van der Waals surface area contributed by atoms with Gasteiger partial charge in [0.15, 0.2) is 0 Å². The summed E-state index contributed by atoms with van der Waals surface area (Å²) in [6, 6.07) is 8.56. The molecule has 2 heterocycles. The van der Waals surface area contributed by atoms with Crippen molar-refractivity contribution in [2.75, 3.05) is 26.7 Å². The number of pyridine rings is 1. The molecule has 0 bridgehead atoms. The van der Waals surface area contributed by atoms with Gasteiger partial charge in [-0.15, -0.1) is 0 Å². The van der Waals surface area contributed by atoms with Gasteiger partial charge < -0.3 is 15.9 Å². The highest BCUT2D eigenvalue weighted by atomic mass is 32.2. The van der Waals surface area contributed by atoms with Gasteiger partial charge in [0.25, 0.3) is 10.1 Å². The van der Waals surface area contributed by atoms with Crippen LogP contribution in [0.5, 0.6) is 5.75 Å². The zero-order chi connectivity index (χ0) is 19.9. The fourth-order valence-corrected chi connectivity index (χ4v) is 3.40. The van der Waals surface area contributed by atoms with Crippen molar-refractivity contribution < 1.29 is 23.2 Å². The lowest BCUT2D eigenvalue weighted by atomic mass is 10.1. The van der Waals surface area contributed by atoms with Crippen LogP contribution in [0.3, 0.4) is 0 Å². The molecule has 2 aromatic rings. The quantitative estimate of drug-likeness (QED) is 0.668. The molecule has 0 spiro atoms. The maximum atomic E-state index is 10.5. The summed E-state index contributed by atoms with van der Waals surface area (Å²) in [5, 5.41) is 0. The lowest BCUT2D eigenvalue weighted by Gasteiger charge is -2.19. The molecule has 1 aromatic heterocycles. The summed E-state index contributed by atoms with van der Waals surface area (Å²) in [6.07, 6.45) is 6.14. The van der Waals surface area contributed by atoms with E-state index in [1.807, 2.05) is 13.1 Å². The molecular formula is C19H31N3O5S2. The zero-order valence-electron chi connectivity index (χ0n) is 16.7. The van der Waals surface area contributed by atoms with Gasteiger partial charge in [0.1, 0.15) is 12.4 Å². The average molecular weight is 446 g/mol. The molecule has 0 saturated carbocycles. The Morgan fingerprint density at radius 3 is 2.45 bits per heavy atom. The van der Waals surface area contributed by atoms with Crippen molar-refractivity contribution in [2.45, 2.75) is 30.7 Å². The van der Waals surface area contributed by atoms with Crippen LogP contribution < -0.4 is 10.5 Å². The minimum atomic E-state index is -4.02. The zero-order valence-corrected chi connectivity index (χ0v) is 18.5. The van der Waals surface area contributed by atoms with Crippen LogP contribution >= 0.6 is 13.5 Å². The topological polar surface area (TPSA) is 137 Å². The average Bonchev–Trinajstić information content (AvgIpc) is 3.06. The number of hydrogen-bond acceptors (Lipinski definition) is 6. The molecular weight excluding hydrogens is 414 g/mol. The van der Waals surface area contributed by atoms with Crippen LogP contribution in [-0.4, -0.2) is 55.1 Å². The summed E-state index contributed by atoms with van der Waals surface area (Å²) in [5.41, 5.74) is 7.61. The first kappa shape index (κ1) is 27.3. The summed E-state index contributed by atoms with van der Waals surface area (Å²) in [4.78, 5) is 6.52. The van der Waals surface area contributed by atoms with E-state index in [-0.39, 0.29) is 23.9 Å². The maximum Gasteiger partial charge on any atom is 0.294 e. The third-order valence-electron chi connectivity index (χ3n) is 4.34. The minimum Gasteiger partial charge on any atom is -0.491 e. The first-order valence-corrected chi connectivity index (χ1v) is 10.3. The SMILES string of the molecule is CN1CCC[C@H]1c1cncc(OCCN)c1.Cc1ccc(S(=O)(=O)O)cc1.O.S. The number of ether oxygens (including phenoxy) is 1. The smallest absolute Gasteiger partial charge is 0.294 e. The molecule has 3 rings (SSSR count). The second-order valence-corrected chi connectivity index (χ2v) is 7.94. The second kappa shape index (κ2) is 12.8. The molecule has 1 aliphatic heterocycles. The lowest BCUT2D eigenvalue weighted by Crippen LogP contribution is -2.17. The van der Waals surface area contributed by atoms with E-state index in [0.717, 1.165) is 11.3 Å². The fraction of sp³-hybridized carbons (Fsp3) is 0.421. The molecule has 164 valence electrons. The van der Waals surface area contributed by atoms with Gasteiger partial charge in [-0.25, -0.2) is 0 Å². The van der Waals surface area contributed by atoms with Crippen LogP contribution in [0.4, 0.5) is 0 Å². The molecule has 10 heteroatoms. The third kappa shape index (κ3) is 8.69. The predicted molar refractivity (Wildman–Crippen MR) is 118 cm³/mol. The molecule has 0 unspecified atom stereocenters. The number of nitrogens with two attached hydrogens (primary N) is 1. The maximum absolute atomic E-state index is 10.5. The van der Waals surface area contributed by atoms with E-state index in [2.05, 4.69) is 23.0 Å². The van der Waals surface area contributed by atoms with E-state index in [1.165, 1.54) is 37.1 Å². The largest absolute Gasteiger partial charge is 0.491 e. The molecule has 1 fully saturated rings. The Labute approximate surface area is 179 Å². The summed E-state index contributed by atoms with van der Waals surface area (Å²) < 4.78 is 35.0. The molecule has 1 aliphatic rings. The van der Waals surface area contributed by atoms with Crippen LogP contribution in [0.25, 0.3) is 0 Å². The number of nitrogens with zero attached hydrogens (tertiary/aromatic N) is 2. The van der Waals surface area contributed by atoms with Gasteiger partial charge in [-0.2, -0.15) is 21.9 Å². The van der Waals surface area contributed by atoms with Gasteiger partial charge in [-0.3, -0.25) is 14.4 Å². The molecule has 8 nitrogen and oxygen atoms in total. The van der Waals surface area contributed by atoms with Gasteiger partial charge >= 0.3 is 0 Å². The van der Waals surface area contributed by atoms with Gasteiger partial charge in [-0.1, -0.05) is 17.7 Å². The van der Waals surface area contributed by atoms with E-state index < -0.39 is 10.1 Å². The van der Waals surface area contributed by atoms with Crippen molar-refractivity contribution in [3.8, 4) is 5.75 Å². The monoisotopic (exact) mass is 445 g/mol. The van der Waals surface area contributed by atoms with E-state index in [9.17, 15) is 8.42 Å². The normalized spacial score (nSPS) is 16.1. The summed E-state index contributed by atoms with van der Waals surface area (Å²) in [6.45, 7) is 4.09. The summed E-state index contributed by atoms with van der Waals surface area (Å²) in [5.74, 6) is 0.822. The highest BCUT2D eigenvalue weighted by Gasteiger charge is 2.22. The molecule has 0 amide bonds. The third-order valence-corrected chi connectivity index (χ3v) is 5.21. The van der Waals surface area contributed by atoms with Crippen LogP contribution in [0.1, 0.15) is 30.0 Å². The van der Waals surface area contributed by atoms with E-state index in [1.54, 1.807) is 18.3 Å². The van der Waals surface area contributed by atoms with E-state index in [0.29, 0.717) is 19.2 Å². The number of hydrogen-bond donors (Lipinski definition) is 2. The number of likely N-dealkylation sites (tertiary alicyclic amines) is 1. The van der Waals surface area contributed by atoms with Gasteiger partial charge in [0.05, 0.1) is 11.1 Å². The van der Waals surface area contributed by atoms with Crippen molar-refractivity contribution in [1.82, 2.24) is 9.88 Å². The van der Waals surface area contributed by atoms with Crippen molar-refractivity contribution in [1.29, 1.82) is 0 Å². The molecule has 1 atom stereocenters. The summed E-state index contributed by atoms with van der Waals surface area (Å²) in [7, 11) is -1.86. The van der Waals surface area contributed by atoms with Crippen LogP contribution in [0.15, 0.2) is 47.6 Å². The Hall–Kier alpha value is -1.69. The minimum absolute atomic E-state index is 0. The van der Waals surface area contributed by atoms with Crippen LogP contribution in [0, 0.1) is 6.92 Å². The van der Waals surface area contributed by atoms with Crippen molar-refractivity contribution in [2.24, 2.45) is 5.73 Å². The summed E-state index contributed by atoms with van der Waals surface area (Å²) >= 11 is 0. The Kier molecular flexibility index (Phi) is 12.0. The second-order valence-electron chi connectivity index (χ2n) is 6.52. The number of rotatable bonds is 5. The highest BCUT2D eigenvalue weighted by Crippen LogP contribution is 2.31. The van der Waals surface area contributed by atoms with Crippen molar-refractivity contribution in [3.63, 3.8) is 0 Å². The van der Waals surface area contributed by atoms with Gasteiger partial charge in [0.2, 0.25) is 0 Å². The predicted octanol–water partition coefficient (Wildman–Crippen LogP) is 1.72. The Balaban J connectivity index is 0.000000537. The Morgan fingerprint density at radius 1 is 1.28 bits per heavy atom. The number of aryl methyl sites for hydroxylation is 1. The van der Waals surface area contributed by atoms with Gasteiger partial charge in [0, 0.05) is 18.8 Å². The highest BCUT2D eigenvalue weighted by molar-refractivity contribution is 7.85. The first-order chi connectivity index (χ1) is 12.8. The molecule has 1 aromatic carbocycles. The standard InChI is InChI=1S/C12H19N3O.C7H8O3S.H2O.H2S/c1-15-5-2-3-12(15)10-7-11(9-14-8-10)16-6-4-13;1-6-2-4-7(5-3-6)11(8,9)10;;/h7-9,12H,2-6,13H2,1H3;2-5H,1H3,(H,8,9,10);2*1H2/t12-;;;/m0.../s1. The van der Waals surface area contributed by atoms with Crippen LogP contribution in [-0.2, 0) is 10.1 Å². The van der Waals surface area contributed by atoms with E-state index in [4.69, 9.17) is 15.0 Å². The van der Waals surface area contributed by atoms with Gasteiger partial charge in [-0.05, 0) is 57.1 Å². The fourth-order valence-electron chi connectivity index (χ4n) is 2.92. The Morgan fingerprint density at radius 2 is 1.93 bits per heavy atom. The lowest BCUT2D eigenvalue weighted by molar-refractivity contribution is 0.309. The van der Waals surface area contributed by atoms with E-state index >= 15 is 0 Å². The van der Waals surface area contributed by atoms with Crippen molar-refractivity contribution >= 4 is 23.6 Å². The molecule has 5 N–H and O–H groups in total.